The number of hydrogen-bond donors (Lipinski definition) is 1. The number of aromatic nitrogens is 1. The van der Waals surface area contributed by atoms with E-state index >= 15 is 0 Å². The molecule has 110 valence electrons. The number of piperazine rings is 1. The van der Waals surface area contributed by atoms with Crippen molar-refractivity contribution in [2.75, 3.05) is 26.2 Å². The molecular weight excluding hydrogens is 282 g/mol. The highest BCUT2D eigenvalue weighted by Gasteiger charge is 2.25. The third-order valence-electron chi connectivity index (χ3n) is 3.87. The highest BCUT2D eigenvalue weighted by atomic mass is 35.5. The summed E-state index contributed by atoms with van der Waals surface area (Å²) in [6, 6.07) is 14.5. The molecule has 1 aliphatic heterocycles. The van der Waals surface area contributed by atoms with Crippen LogP contribution < -0.4 is 5.32 Å². The van der Waals surface area contributed by atoms with Gasteiger partial charge in [-0.15, -0.1) is 0 Å². The highest BCUT2D eigenvalue weighted by Crippen LogP contribution is 2.29. The lowest BCUT2D eigenvalue weighted by Crippen LogP contribution is -2.45. The molecule has 0 bridgehead atoms. The quantitative estimate of drug-likeness (QED) is 0.944. The summed E-state index contributed by atoms with van der Waals surface area (Å²) < 4.78 is 0. The van der Waals surface area contributed by atoms with E-state index in [0.717, 1.165) is 42.6 Å². The number of hydrogen-bond acceptors (Lipinski definition) is 3. The Morgan fingerprint density at radius 3 is 2.62 bits per heavy atom. The van der Waals surface area contributed by atoms with Crippen LogP contribution in [0.3, 0.4) is 0 Å². The Labute approximate surface area is 131 Å². The number of benzene rings is 1. The van der Waals surface area contributed by atoms with Gasteiger partial charge in [0.2, 0.25) is 0 Å². The first kappa shape index (κ1) is 14.5. The second-order valence-corrected chi connectivity index (χ2v) is 5.88. The maximum atomic E-state index is 6.20. The van der Waals surface area contributed by atoms with Gasteiger partial charge in [-0.2, -0.15) is 0 Å². The van der Waals surface area contributed by atoms with Crippen LogP contribution in [0.25, 0.3) is 0 Å². The minimum absolute atomic E-state index is 0.172. The van der Waals surface area contributed by atoms with Crippen molar-refractivity contribution in [1.29, 1.82) is 0 Å². The van der Waals surface area contributed by atoms with E-state index < -0.39 is 0 Å². The molecule has 2 heterocycles. The van der Waals surface area contributed by atoms with Crippen LogP contribution in [0.4, 0.5) is 0 Å². The van der Waals surface area contributed by atoms with Crippen molar-refractivity contribution < 1.29 is 0 Å². The molecule has 0 spiro atoms. The summed E-state index contributed by atoms with van der Waals surface area (Å²) >= 11 is 6.20. The summed E-state index contributed by atoms with van der Waals surface area (Å²) in [5.74, 6) is 0. The van der Waals surface area contributed by atoms with Crippen LogP contribution in [-0.2, 0) is 0 Å². The molecule has 1 aliphatic rings. The molecule has 2 aromatic rings. The monoisotopic (exact) mass is 301 g/mol. The van der Waals surface area contributed by atoms with E-state index in [0.29, 0.717) is 0 Å². The zero-order valence-electron chi connectivity index (χ0n) is 12.2. The predicted octanol–water partition coefficient (Wildman–Crippen LogP) is 3.04. The number of halogens is 1. The van der Waals surface area contributed by atoms with Gasteiger partial charge in [-0.1, -0.05) is 29.8 Å². The highest BCUT2D eigenvalue weighted by molar-refractivity contribution is 6.30. The second kappa shape index (κ2) is 6.56. The molecular formula is C17H20ClN3. The molecule has 0 radical (unpaired) electrons. The van der Waals surface area contributed by atoms with Crippen molar-refractivity contribution in [3.8, 4) is 0 Å². The van der Waals surface area contributed by atoms with Gasteiger partial charge in [0.25, 0.3) is 0 Å². The molecule has 1 N–H and O–H groups in total. The van der Waals surface area contributed by atoms with E-state index in [-0.39, 0.29) is 6.04 Å². The Morgan fingerprint density at radius 2 is 1.90 bits per heavy atom. The maximum Gasteiger partial charge on any atom is 0.0777 e. The Hall–Kier alpha value is -1.42. The lowest BCUT2D eigenvalue weighted by atomic mass is 10.0. The minimum Gasteiger partial charge on any atom is -0.314 e. The Bertz CT molecular complexity index is 563. The van der Waals surface area contributed by atoms with Gasteiger partial charge in [-0.3, -0.25) is 9.88 Å². The van der Waals surface area contributed by atoms with Crippen molar-refractivity contribution in [2.45, 2.75) is 13.0 Å². The molecule has 3 rings (SSSR count). The van der Waals surface area contributed by atoms with Crippen molar-refractivity contribution in [1.82, 2.24) is 15.2 Å². The van der Waals surface area contributed by atoms with Crippen LogP contribution in [-0.4, -0.2) is 36.1 Å². The average Bonchev–Trinajstić information content (AvgIpc) is 2.49. The van der Waals surface area contributed by atoms with Crippen LogP contribution in [0.15, 0.2) is 42.5 Å². The van der Waals surface area contributed by atoms with Gasteiger partial charge in [0.1, 0.15) is 0 Å². The van der Waals surface area contributed by atoms with Crippen LogP contribution in [0.2, 0.25) is 5.02 Å². The van der Waals surface area contributed by atoms with Crippen LogP contribution >= 0.6 is 11.6 Å². The molecule has 1 unspecified atom stereocenters. The Morgan fingerprint density at radius 1 is 1.14 bits per heavy atom. The van der Waals surface area contributed by atoms with E-state index in [1.807, 2.05) is 25.1 Å². The largest absolute Gasteiger partial charge is 0.314 e. The lowest BCUT2D eigenvalue weighted by molar-refractivity contribution is 0.195. The molecule has 1 aromatic carbocycles. The van der Waals surface area contributed by atoms with Gasteiger partial charge in [-0.05, 0) is 36.8 Å². The standard InChI is InChI=1S/C17H20ClN3/c1-13-4-2-7-16(20-13)17(21-10-8-19-9-11-21)14-5-3-6-15(18)12-14/h2-7,12,17,19H,8-11H2,1H3. The van der Waals surface area contributed by atoms with Crippen LogP contribution in [0.5, 0.6) is 0 Å². The molecule has 1 saturated heterocycles. The van der Waals surface area contributed by atoms with E-state index in [1.165, 1.54) is 5.56 Å². The van der Waals surface area contributed by atoms with Gasteiger partial charge >= 0.3 is 0 Å². The first-order valence-electron chi connectivity index (χ1n) is 7.38. The Kier molecular flexibility index (Phi) is 4.54. The summed E-state index contributed by atoms with van der Waals surface area (Å²) in [4.78, 5) is 7.23. The first-order valence-corrected chi connectivity index (χ1v) is 7.75. The van der Waals surface area contributed by atoms with Gasteiger partial charge < -0.3 is 5.32 Å². The van der Waals surface area contributed by atoms with E-state index in [2.05, 4.69) is 34.5 Å². The van der Waals surface area contributed by atoms with Crippen molar-refractivity contribution >= 4 is 11.6 Å². The fourth-order valence-corrected chi connectivity index (χ4v) is 3.10. The van der Waals surface area contributed by atoms with Crippen molar-refractivity contribution in [3.63, 3.8) is 0 Å². The normalized spacial score (nSPS) is 17.6. The van der Waals surface area contributed by atoms with Crippen LogP contribution in [0.1, 0.15) is 23.0 Å². The van der Waals surface area contributed by atoms with Crippen LogP contribution in [0, 0.1) is 6.92 Å². The van der Waals surface area contributed by atoms with Gasteiger partial charge in [0, 0.05) is 36.9 Å². The third kappa shape index (κ3) is 3.43. The molecule has 1 atom stereocenters. The number of nitrogens with zero attached hydrogens (tertiary/aromatic N) is 2. The molecule has 1 aromatic heterocycles. The fraction of sp³-hybridized carbons (Fsp3) is 0.353. The Balaban J connectivity index is 2.01. The number of aryl methyl sites for hydroxylation is 1. The predicted molar refractivity (Wildman–Crippen MR) is 86.7 cm³/mol. The summed E-state index contributed by atoms with van der Waals surface area (Å²) in [5, 5.41) is 4.19. The summed E-state index contributed by atoms with van der Waals surface area (Å²) in [7, 11) is 0. The molecule has 4 heteroatoms. The topological polar surface area (TPSA) is 28.2 Å². The first-order chi connectivity index (χ1) is 10.2. The minimum atomic E-state index is 0.172. The SMILES string of the molecule is Cc1cccc(C(c2cccc(Cl)c2)N2CCNCC2)n1. The number of rotatable bonds is 3. The van der Waals surface area contributed by atoms with E-state index in [4.69, 9.17) is 16.6 Å². The van der Waals surface area contributed by atoms with E-state index in [9.17, 15) is 0 Å². The molecule has 0 amide bonds. The zero-order valence-corrected chi connectivity index (χ0v) is 13.0. The average molecular weight is 302 g/mol. The summed E-state index contributed by atoms with van der Waals surface area (Å²) in [6.07, 6.45) is 0. The third-order valence-corrected chi connectivity index (χ3v) is 4.11. The summed E-state index contributed by atoms with van der Waals surface area (Å²) in [6.45, 7) is 6.11. The molecule has 0 saturated carbocycles. The number of pyridine rings is 1. The lowest BCUT2D eigenvalue weighted by Gasteiger charge is -2.35. The van der Waals surface area contributed by atoms with Crippen molar-refractivity contribution in [3.05, 3.63) is 64.4 Å². The fourth-order valence-electron chi connectivity index (χ4n) is 2.90. The smallest absolute Gasteiger partial charge is 0.0777 e. The van der Waals surface area contributed by atoms with E-state index in [1.54, 1.807) is 0 Å². The second-order valence-electron chi connectivity index (χ2n) is 5.45. The van der Waals surface area contributed by atoms with Gasteiger partial charge in [-0.25, -0.2) is 0 Å². The molecule has 3 nitrogen and oxygen atoms in total. The zero-order chi connectivity index (χ0) is 14.7. The molecule has 1 fully saturated rings. The molecule has 21 heavy (non-hydrogen) atoms. The maximum absolute atomic E-state index is 6.20. The number of nitrogens with one attached hydrogen (secondary N) is 1. The van der Waals surface area contributed by atoms with Crippen molar-refractivity contribution in [2.24, 2.45) is 0 Å². The molecule has 0 aliphatic carbocycles. The summed E-state index contributed by atoms with van der Waals surface area (Å²) in [5.41, 5.74) is 3.36. The van der Waals surface area contributed by atoms with Gasteiger partial charge in [0.05, 0.1) is 11.7 Å². The van der Waals surface area contributed by atoms with Gasteiger partial charge in [0.15, 0.2) is 0 Å².